The standard InChI is InChI=1S/C18H13F3N4O/c19-12-3-1-2-11(8-12)9-18(26)23-17-7-6-16(24-25-17)22-13-4-5-14(20)15(21)10-13/h1-8,10H,9H2,(H,22,24)(H,23,25,26). The van der Waals surface area contributed by atoms with E-state index in [4.69, 9.17) is 0 Å². The molecule has 2 N–H and O–H groups in total. The number of amides is 1. The number of aromatic nitrogens is 2. The van der Waals surface area contributed by atoms with Crippen LogP contribution in [0.25, 0.3) is 0 Å². The number of anilines is 3. The summed E-state index contributed by atoms with van der Waals surface area (Å²) in [5.74, 6) is -2.21. The number of hydrogen-bond acceptors (Lipinski definition) is 4. The van der Waals surface area contributed by atoms with Crippen molar-refractivity contribution in [3.63, 3.8) is 0 Å². The molecule has 26 heavy (non-hydrogen) atoms. The van der Waals surface area contributed by atoms with Gasteiger partial charge in [-0.1, -0.05) is 12.1 Å². The van der Waals surface area contributed by atoms with Crippen LogP contribution in [0.15, 0.2) is 54.6 Å². The highest BCUT2D eigenvalue weighted by atomic mass is 19.2. The first-order valence-corrected chi connectivity index (χ1v) is 7.60. The molecule has 0 saturated heterocycles. The fraction of sp³-hybridized carbons (Fsp3) is 0.0556. The van der Waals surface area contributed by atoms with Gasteiger partial charge >= 0.3 is 0 Å². The molecule has 0 unspecified atom stereocenters. The molecule has 0 fully saturated rings. The maximum Gasteiger partial charge on any atom is 0.229 e. The van der Waals surface area contributed by atoms with Crippen LogP contribution in [0.4, 0.5) is 30.5 Å². The van der Waals surface area contributed by atoms with Gasteiger partial charge in [0.25, 0.3) is 0 Å². The van der Waals surface area contributed by atoms with Gasteiger partial charge in [-0.3, -0.25) is 4.79 Å². The summed E-state index contributed by atoms with van der Waals surface area (Å²) in [4.78, 5) is 11.9. The lowest BCUT2D eigenvalue weighted by Crippen LogP contribution is -2.15. The third-order valence-electron chi connectivity index (χ3n) is 3.38. The smallest absolute Gasteiger partial charge is 0.229 e. The van der Waals surface area contributed by atoms with E-state index in [1.807, 2.05) is 0 Å². The van der Waals surface area contributed by atoms with Crippen LogP contribution in [0.2, 0.25) is 0 Å². The van der Waals surface area contributed by atoms with Crippen molar-refractivity contribution >= 4 is 23.2 Å². The Morgan fingerprint density at radius 3 is 2.35 bits per heavy atom. The zero-order chi connectivity index (χ0) is 18.5. The van der Waals surface area contributed by atoms with Crippen molar-refractivity contribution in [2.24, 2.45) is 0 Å². The van der Waals surface area contributed by atoms with Gasteiger partial charge in [0.1, 0.15) is 5.82 Å². The summed E-state index contributed by atoms with van der Waals surface area (Å²) >= 11 is 0. The van der Waals surface area contributed by atoms with Crippen molar-refractivity contribution in [3.8, 4) is 0 Å². The van der Waals surface area contributed by atoms with E-state index in [1.165, 1.54) is 36.4 Å². The molecule has 0 aliphatic rings. The third kappa shape index (κ3) is 4.56. The van der Waals surface area contributed by atoms with Crippen molar-refractivity contribution in [1.82, 2.24) is 10.2 Å². The maximum atomic E-state index is 13.2. The summed E-state index contributed by atoms with van der Waals surface area (Å²) in [6, 6.07) is 12.1. The van der Waals surface area contributed by atoms with Gasteiger partial charge in [0, 0.05) is 11.8 Å². The molecule has 0 saturated carbocycles. The normalized spacial score (nSPS) is 10.4. The second kappa shape index (κ2) is 7.64. The molecule has 132 valence electrons. The zero-order valence-corrected chi connectivity index (χ0v) is 13.3. The minimum absolute atomic E-state index is 0.00566. The van der Waals surface area contributed by atoms with Crippen molar-refractivity contribution in [3.05, 3.63) is 77.6 Å². The highest BCUT2D eigenvalue weighted by molar-refractivity contribution is 5.91. The first-order valence-electron chi connectivity index (χ1n) is 7.60. The largest absolute Gasteiger partial charge is 0.339 e. The maximum absolute atomic E-state index is 13.2. The van der Waals surface area contributed by atoms with Crippen LogP contribution in [0.3, 0.4) is 0 Å². The molecular weight excluding hydrogens is 345 g/mol. The molecule has 3 aromatic rings. The number of carbonyl (C=O) groups excluding carboxylic acids is 1. The van der Waals surface area contributed by atoms with E-state index >= 15 is 0 Å². The molecule has 1 amide bonds. The number of hydrogen-bond donors (Lipinski definition) is 2. The minimum atomic E-state index is -0.982. The van der Waals surface area contributed by atoms with E-state index in [9.17, 15) is 18.0 Å². The molecule has 2 aromatic carbocycles. The highest BCUT2D eigenvalue weighted by Crippen LogP contribution is 2.17. The zero-order valence-electron chi connectivity index (χ0n) is 13.3. The minimum Gasteiger partial charge on any atom is -0.339 e. The van der Waals surface area contributed by atoms with E-state index in [2.05, 4.69) is 20.8 Å². The van der Waals surface area contributed by atoms with Gasteiger partial charge in [-0.05, 0) is 42.0 Å². The van der Waals surface area contributed by atoms with Gasteiger partial charge < -0.3 is 10.6 Å². The number of rotatable bonds is 5. The van der Waals surface area contributed by atoms with E-state index < -0.39 is 17.5 Å². The van der Waals surface area contributed by atoms with Crippen molar-refractivity contribution in [2.45, 2.75) is 6.42 Å². The Kier molecular flexibility index (Phi) is 5.12. The second-order valence-electron chi connectivity index (χ2n) is 5.41. The molecule has 0 aliphatic carbocycles. The van der Waals surface area contributed by atoms with Gasteiger partial charge in [-0.25, -0.2) is 13.2 Å². The summed E-state index contributed by atoms with van der Waals surface area (Å²) in [6.07, 6.45) is -0.00566. The molecule has 0 bridgehead atoms. The molecule has 0 radical (unpaired) electrons. The number of benzene rings is 2. The summed E-state index contributed by atoms with van der Waals surface area (Å²) in [6.45, 7) is 0. The molecule has 3 rings (SSSR count). The molecule has 0 aliphatic heterocycles. The lowest BCUT2D eigenvalue weighted by molar-refractivity contribution is -0.115. The predicted molar refractivity (Wildman–Crippen MR) is 90.4 cm³/mol. The molecule has 1 aromatic heterocycles. The van der Waals surface area contributed by atoms with Gasteiger partial charge in [-0.15, -0.1) is 10.2 Å². The number of nitrogens with zero attached hydrogens (tertiary/aromatic N) is 2. The van der Waals surface area contributed by atoms with Crippen LogP contribution >= 0.6 is 0 Å². The van der Waals surface area contributed by atoms with E-state index in [-0.39, 0.29) is 18.1 Å². The molecule has 0 spiro atoms. The van der Waals surface area contributed by atoms with E-state index in [1.54, 1.807) is 6.07 Å². The Morgan fingerprint density at radius 1 is 0.885 bits per heavy atom. The summed E-state index contributed by atoms with van der Waals surface area (Å²) in [7, 11) is 0. The van der Waals surface area contributed by atoms with Gasteiger partial charge in [0.2, 0.25) is 5.91 Å². The Morgan fingerprint density at radius 2 is 1.65 bits per heavy atom. The lowest BCUT2D eigenvalue weighted by atomic mass is 10.1. The van der Waals surface area contributed by atoms with Crippen molar-refractivity contribution < 1.29 is 18.0 Å². The Hall–Kier alpha value is -3.42. The van der Waals surface area contributed by atoms with Gasteiger partial charge in [0.05, 0.1) is 6.42 Å². The number of carbonyl (C=O) groups is 1. The van der Waals surface area contributed by atoms with Gasteiger partial charge in [-0.2, -0.15) is 0 Å². The van der Waals surface area contributed by atoms with E-state index in [0.29, 0.717) is 17.1 Å². The summed E-state index contributed by atoms with van der Waals surface area (Å²) in [5.41, 5.74) is 0.841. The first kappa shape index (κ1) is 17.4. The second-order valence-corrected chi connectivity index (χ2v) is 5.41. The summed E-state index contributed by atoms with van der Waals surface area (Å²) in [5, 5.41) is 13.0. The van der Waals surface area contributed by atoms with Crippen LogP contribution < -0.4 is 10.6 Å². The fourth-order valence-electron chi connectivity index (χ4n) is 2.21. The first-order chi connectivity index (χ1) is 12.5. The van der Waals surface area contributed by atoms with Gasteiger partial charge in [0.15, 0.2) is 23.3 Å². The predicted octanol–water partition coefficient (Wildman–Crippen LogP) is 3.82. The highest BCUT2D eigenvalue weighted by Gasteiger charge is 2.07. The Labute approximate surface area is 146 Å². The topological polar surface area (TPSA) is 66.9 Å². The monoisotopic (exact) mass is 358 g/mol. The van der Waals surface area contributed by atoms with Crippen molar-refractivity contribution in [1.29, 1.82) is 0 Å². The quantitative estimate of drug-likeness (QED) is 0.728. The van der Waals surface area contributed by atoms with Crippen LogP contribution in [0.5, 0.6) is 0 Å². The fourth-order valence-corrected chi connectivity index (χ4v) is 2.21. The van der Waals surface area contributed by atoms with Crippen molar-refractivity contribution in [2.75, 3.05) is 10.6 Å². The SMILES string of the molecule is O=C(Cc1cccc(F)c1)Nc1ccc(Nc2ccc(F)c(F)c2)nn1. The number of nitrogens with one attached hydrogen (secondary N) is 2. The van der Waals surface area contributed by atoms with Crippen LogP contribution in [0, 0.1) is 17.5 Å². The Balaban J connectivity index is 1.60. The van der Waals surface area contributed by atoms with Crippen LogP contribution in [0.1, 0.15) is 5.56 Å². The lowest BCUT2D eigenvalue weighted by Gasteiger charge is -2.07. The average Bonchev–Trinajstić information content (AvgIpc) is 2.60. The molecular formula is C18H13F3N4O. The average molecular weight is 358 g/mol. The summed E-state index contributed by atoms with van der Waals surface area (Å²) < 4.78 is 39.2. The van der Waals surface area contributed by atoms with Crippen LogP contribution in [-0.2, 0) is 11.2 Å². The molecule has 0 atom stereocenters. The van der Waals surface area contributed by atoms with Crippen LogP contribution in [-0.4, -0.2) is 16.1 Å². The Bertz CT molecular complexity index is 932. The molecule has 8 heteroatoms. The third-order valence-corrected chi connectivity index (χ3v) is 3.38. The molecule has 1 heterocycles. The molecule has 5 nitrogen and oxygen atoms in total. The number of halogens is 3. The van der Waals surface area contributed by atoms with E-state index in [0.717, 1.165) is 12.1 Å².